The number of carboxylic acids is 1. The van der Waals surface area contributed by atoms with Crippen LogP contribution >= 0.6 is 0 Å². The summed E-state index contributed by atoms with van der Waals surface area (Å²) in [5, 5.41) is 8.51. The van der Waals surface area contributed by atoms with E-state index >= 15 is 0 Å². The summed E-state index contributed by atoms with van der Waals surface area (Å²) in [5.41, 5.74) is 1.21. The summed E-state index contributed by atoms with van der Waals surface area (Å²) in [6.07, 6.45) is 2.03. The van der Waals surface area contributed by atoms with Crippen molar-refractivity contribution < 1.29 is 19.4 Å². The first-order valence-electron chi connectivity index (χ1n) is 6.97. The zero-order valence-corrected chi connectivity index (χ0v) is 12.1. The summed E-state index contributed by atoms with van der Waals surface area (Å²) < 4.78 is 5.01. The van der Waals surface area contributed by atoms with Crippen LogP contribution in [0.15, 0.2) is 30.3 Å². The van der Waals surface area contributed by atoms with E-state index in [9.17, 15) is 9.59 Å². The molecule has 1 aromatic rings. The van der Waals surface area contributed by atoms with Crippen molar-refractivity contribution in [1.82, 2.24) is 0 Å². The van der Waals surface area contributed by atoms with Crippen molar-refractivity contribution >= 4 is 11.9 Å². The SMILES string of the molecule is CCC(CC)(CCOC(=O)CC(=O)O)c1ccccc1. The number of rotatable bonds is 8. The van der Waals surface area contributed by atoms with Gasteiger partial charge in [0.15, 0.2) is 0 Å². The van der Waals surface area contributed by atoms with Gasteiger partial charge < -0.3 is 9.84 Å². The van der Waals surface area contributed by atoms with Crippen LogP contribution < -0.4 is 0 Å². The van der Waals surface area contributed by atoms with Gasteiger partial charge in [-0.2, -0.15) is 0 Å². The van der Waals surface area contributed by atoms with Crippen LogP contribution in [-0.4, -0.2) is 23.7 Å². The quantitative estimate of drug-likeness (QED) is 0.586. The molecule has 0 spiro atoms. The van der Waals surface area contributed by atoms with Crippen molar-refractivity contribution in [2.24, 2.45) is 0 Å². The third-order valence-electron chi connectivity index (χ3n) is 3.88. The molecule has 0 saturated heterocycles. The molecule has 1 rings (SSSR count). The molecule has 1 aromatic carbocycles. The molecule has 0 amide bonds. The van der Waals surface area contributed by atoms with Crippen LogP contribution in [0.2, 0.25) is 0 Å². The molecule has 0 aromatic heterocycles. The van der Waals surface area contributed by atoms with Crippen LogP contribution in [0.4, 0.5) is 0 Å². The van der Waals surface area contributed by atoms with E-state index in [1.165, 1.54) is 5.56 Å². The number of benzene rings is 1. The summed E-state index contributed by atoms with van der Waals surface area (Å²) in [4.78, 5) is 21.7. The third-order valence-corrected chi connectivity index (χ3v) is 3.88. The van der Waals surface area contributed by atoms with E-state index in [0.29, 0.717) is 6.42 Å². The summed E-state index contributed by atoms with van der Waals surface area (Å²) in [5.74, 6) is -1.83. The summed E-state index contributed by atoms with van der Waals surface area (Å²) in [7, 11) is 0. The standard InChI is InChI=1S/C16H22O4/c1-3-16(4-2,13-8-6-5-7-9-13)10-11-20-15(19)12-14(17)18/h5-9H,3-4,10-12H2,1-2H3,(H,17,18). The van der Waals surface area contributed by atoms with E-state index < -0.39 is 18.4 Å². The lowest BCUT2D eigenvalue weighted by atomic mass is 9.73. The molecule has 1 N–H and O–H groups in total. The molecule has 0 aliphatic heterocycles. The number of aliphatic carboxylic acids is 1. The molecule has 20 heavy (non-hydrogen) atoms. The van der Waals surface area contributed by atoms with E-state index in [-0.39, 0.29) is 12.0 Å². The largest absolute Gasteiger partial charge is 0.481 e. The minimum absolute atomic E-state index is 0.0231. The van der Waals surface area contributed by atoms with Crippen molar-refractivity contribution in [3.8, 4) is 0 Å². The highest BCUT2D eigenvalue weighted by Gasteiger charge is 2.28. The molecule has 0 aliphatic carbocycles. The minimum Gasteiger partial charge on any atom is -0.481 e. The van der Waals surface area contributed by atoms with Gasteiger partial charge >= 0.3 is 11.9 Å². The Morgan fingerprint density at radius 3 is 2.25 bits per heavy atom. The second-order valence-corrected chi connectivity index (χ2v) is 4.89. The van der Waals surface area contributed by atoms with Crippen LogP contribution in [0.1, 0.15) is 45.1 Å². The Morgan fingerprint density at radius 1 is 1.15 bits per heavy atom. The zero-order chi connectivity index (χ0) is 15.0. The highest BCUT2D eigenvalue weighted by Crippen LogP contribution is 2.35. The van der Waals surface area contributed by atoms with Crippen molar-refractivity contribution in [1.29, 1.82) is 0 Å². The molecule has 0 unspecified atom stereocenters. The topological polar surface area (TPSA) is 63.6 Å². The van der Waals surface area contributed by atoms with Gasteiger partial charge in [-0.05, 0) is 30.2 Å². The van der Waals surface area contributed by atoms with Crippen LogP contribution in [0.25, 0.3) is 0 Å². The molecule has 0 aliphatic rings. The Bertz CT molecular complexity index is 435. The predicted molar refractivity (Wildman–Crippen MR) is 76.5 cm³/mol. The Hall–Kier alpha value is -1.84. The maximum atomic E-state index is 11.2. The second kappa shape index (κ2) is 7.68. The summed E-state index contributed by atoms with van der Waals surface area (Å²) >= 11 is 0. The lowest BCUT2D eigenvalue weighted by molar-refractivity contribution is -0.151. The summed E-state index contributed by atoms with van der Waals surface area (Å²) in [6, 6.07) is 10.2. The van der Waals surface area contributed by atoms with Gasteiger partial charge in [-0.25, -0.2) is 0 Å². The Kier molecular flexibility index (Phi) is 6.22. The molecule has 4 heteroatoms. The second-order valence-electron chi connectivity index (χ2n) is 4.89. The van der Waals surface area contributed by atoms with Crippen molar-refractivity contribution in [3.05, 3.63) is 35.9 Å². The lowest BCUT2D eigenvalue weighted by Crippen LogP contribution is -2.27. The van der Waals surface area contributed by atoms with Crippen molar-refractivity contribution in [2.45, 2.75) is 44.9 Å². The van der Waals surface area contributed by atoms with Crippen LogP contribution in [-0.2, 0) is 19.7 Å². The van der Waals surface area contributed by atoms with Gasteiger partial charge in [-0.3, -0.25) is 9.59 Å². The van der Waals surface area contributed by atoms with E-state index in [2.05, 4.69) is 26.0 Å². The van der Waals surface area contributed by atoms with Crippen LogP contribution in [0, 0.1) is 0 Å². The molecule has 0 radical (unpaired) electrons. The average molecular weight is 278 g/mol. The highest BCUT2D eigenvalue weighted by molar-refractivity contribution is 5.90. The molecule has 110 valence electrons. The van der Waals surface area contributed by atoms with Gasteiger partial charge in [-0.15, -0.1) is 0 Å². The van der Waals surface area contributed by atoms with Gasteiger partial charge in [-0.1, -0.05) is 44.2 Å². The molecule has 0 atom stereocenters. The predicted octanol–water partition coefficient (Wildman–Crippen LogP) is 3.15. The molecule has 0 bridgehead atoms. The molecular formula is C16H22O4. The average Bonchev–Trinajstić information content (AvgIpc) is 2.44. The van der Waals surface area contributed by atoms with Gasteiger partial charge in [0.1, 0.15) is 6.42 Å². The number of carboxylic acid groups (broad SMARTS) is 1. The number of hydrogen-bond acceptors (Lipinski definition) is 3. The van der Waals surface area contributed by atoms with E-state index in [1.54, 1.807) is 0 Å². The van der Waals surface area contributed by atoms with Crippen molar-refractivity contribution in [3.63, 3.8) is 0 Å². The summed E-state index contributed by atoms with van der Waals surface area (Å²) in [6.45, 7) is 4.49. The van der Waals surface area contributed by atoms with Gasteiger partial charge in [0, 0.05) is 0 Å². The zero-order valence-electron chi connectivity index (χ0n) is 12.1. The molecule has 0 saturated carbocycles. The minimum atomic E-state index is -1.16. The van der Waals surface area contributed by atoms with E-state index in [4.69, 9.17) is 9.84 Å². The van der Waals surface area contributed by atoms with E-state index in [0.717, 1.165) is 12.8 Å². The van der Waals surface area contributed by atoms with Crippen LogP contribution in [0.3, 0.4) is 0 Å². The number of hydrogen-bond donors (Lipinski definition) is 1. The monoisotopic (exact) mass is 278 g/mol. The molecular weight excluding hydrogens is 256 g/mol. The molecule has 0 fully saturated rings. The Morgan fingerprint density at radius 2 is 1.75 bits per heavy atom. The maximum absolute atomic E-state index is 11.2. The fourth-order valence-electron chi connectivity index (χ4n) is 2.48. The Balaban J connectivity index is 2.64. The number of carbonyl (C=O) groups excluding carboxylic acids is 1. The highest BCUT2D eigenvalue weighted by atomic mass is 16.5. The maximum Gasteiger partial charge on any atom is 0.317 e. The molecule has 4 nitrogen and oxygen atoms in total. The molecule has 0 heterocycles. The van der Waals surface area contributed by atoms with Gasteiger partial charge in [0.25, 0.3) is 0 Å². The van der Waals surface area contributed by atoms with Crippen LogP contribution in [0.5, 0.6) is 0 Å². The first kappa shape index (κ1) is 16.2. The fraction of sp³-hybridized carbons (Fsp3) is 0.500. The normalized spacial score (nSPS) is 11.1. The first-order chi connectivity index (χ1) is 9.54. The Labute approximate surface area is 119 Å². The third kappa shape index (κ3) is 4.37. The number of esters is 1. The first-order valence-corrected chi connectivity index (χ1v) is 6.97. The number of carbonyl (C=O) groups is 2. The lowest BCUT2D eigenvalue weighted by Gasteiger charge is -2.32. The number of ether oxygens (including phenoxy) is 1. The van der Waals surface area contributed by atoms with Gasteiger partial charge in [0.2, 0.25) is 0 Å². The van der Waals surface area contributed by atoms with Crippen molar-refractivity contribution in [2.75, 3.05) is 6.61 Å². The smallest absolute Gasteiger partial charge is 0.317 e. The van der Waals surface area contributed by atoms with Gasteiger partial charge in [0.05, 0.1) is 6.61 Å². The van der Waals surface area contributed by atoms with E-state index in [1.807, 2.05) is 18.2 Å². The fourth-order valence-corrected chi connectivity index (χ4v) is 2.48.